The van der Waals surface area contributed by atoms with Crippen molar-refractivity contribution in [2.75, 3.05) is 5.75 Å². The van der Waals surface area contributed by atoms with Crippen molar-refractivity contribution in [1.82, 2.24) is 14.8 Å². The molecule has 0 bridgehead atoms. The lowest BCUT2D eigenvalue weighted by molar-refractivity contribution is -0.105. The number of aromatic carboxylic acids is 1. The van der Waals surface area contributed by atoms with Gasteiger partial charge in [0.25, 0.3) is 5.56 Å². The molecule has 134 valence electrons. The van der Waals surface area contributed by atoms with Gasteiger partial charge >= 0.3 is 17.8 Å². The van der Waals surface area contributed by atoms with Crippen LogP contribution in [0, 0.1) is 12.7 Å². The Morgan fingerprint density at radius 2 is 2.00 bits per heavy atom. The largest absolute Gasteiger partial charge is 0.476 e. The predicted molar refractivity (Wildman–Crippen MR) is 78.9 cm³/mol. The number of carboxylic acids is 1. The number of aryl methyl sites for hydroxylation is 1. The monoisotopic (exact) mass is 379 g/mol. The number of nitrogens with one attached hydrogen (secondary N) is 1. The molecule has 0 spiro atoms. The number of benzene rings is 1. The molecule has 2 rings (SSSR count). The molecule has 2 N–H and O–H groups in total. The number of H-pyrrole nitrogens is 1. The lowest BCUT2D eigenvalue weighted by atomic mass is 10.2. The van der Waals surface area contributed by atoms with Crippen LogP contribution in [-0.4, -0.2) is 37.8 Å². The first-order valence-corrected chi connectivity index (χ1v) is 7.45. The van der Waals surface area contributed by atoms with Crippen LogP contribution in [0.5, 0.6) is 0 Å². The van der Waals surface area contributed by atoms with E-state index in [9.17, 15) is 31.9 Å². The van der Waals surface area contributed by atoms with Gasteiger partial charge in [-0.2, -0.15) is 23.0 Å². The summed E-state index contributed by atoms with van der Waals surface area (Å²) in [6.45, 7) is 1.37. The molecule has 0 aliphatic carbocycles. The number of hydrogen-bond acceptors (Lipinski definition) is 5. The summed E-state index contributed by atoms with van der Waals surface area (Å²) in [5, 5.41) is 12.1. The summed E-state index contributed by atoms with van der Waals surface area (Å²) in [5.41, 5.74) is -3.98. The fourth-order valence-electron chi connectivity index (χ4n) is 1.82. The van der Waals surface area contributed by atoms with Crippen LogP contribution in [0.25, 0.3) is 5.69 Å². The number of aromatic nitrogens is 3. The highest BCUT2D eigenvalue weighted by Gasteiger charge is 2.28. The average Bonchev–Trinajstić information content (AvgIpc) is 2.46. The highest BCUT2D eigenvalue weighted by Crippen LogP contribution is 2.31. The molecule has 2 aromatic rings. The van der Waals surface area contributed by atoms with Gasteiger partial charge in [0.1, 0.15) is 11.5 Å². The lowest BCUT2D eigenvalue weighted by Crippen LogP contribution is -2.36. The highest BCUT2D eigenvalue weighted by atomic mass is 32.2. The van der Waals surface area contributed by atoms with Crippen LogP contribution in [0.15, 0.2) is 26.6 Å². The van der Waals surface area contributed by atoms with Gasteiger partial charge in [0.15, 0.2) is 0 Å². The first-order chi connectivity index (χ1) is 11.5. The van der Waals surface area contributed by atoms with Crippen molar-refractivity contribution in [1.29, 1.82) is 0 Å². The number of nitrogens with zero attached hydrogens (tertiary/aromatic N) is 2. The second-order valence-electron chi connectivity index (χ2n) is 4.80. The van der Waals surface area contributed by atoms with Gasteiger partial charge in [-0.1, -0.05) is 0 Å². The molecular formula is C13H9F4N3O4S. The number of carbonyl (C=O) groups is 1. The minimum absolute atomic E-state index is 0.0190. The fourth-order valence-corrected chi connectivity index (χ4v) is 2.62. The number of carboxylic acid groups (broad SMARTS) is 1. The van der Waals surface area contributed by atoms with Crippen molar-refractivity contribution < 1.29 is 27.5 Å². The van der Waals surface area contributed by atoms with Crippen molar-refractivity contribution in [2.45, 2.75) is 18.0 Å². The van der Waals surface area contributed by atoms with Crippen molar-refractivity contribution in [2.24, 2.45) is 0 Å². The zero-order valence-corrected chi connectivity index (χ0v) is 13.2. The van der Waals surface area contributed by atoms with Crippen molar-refractivity contribution >= 4 is 17.7 Å². The third kappa shape index (κ3) is 4.26. The quantitative estimate of drug-likeness (QED) is 0.619. The van der Waals surface area contributed by atoms with Crippen LogP contribution in [-0.2, 0) is 0 Å². The summed E-state index contributed by atoms with van der Waals surface area (Å²) in [4.78, 5) is 35.7. The van der Waals surface area contributed by atoms with E-state index in [1.165, 1.54) is 6.92 Å². The second-order valence-corrected chi connectivity index (χ2v) is 5.81. The maximum absolute atomic E-state index is 14.1. The maximum atomic E-state index is 14.1. The molecular weight excluding hydrogens is 370 g/mol. The van der Waals surface area contributed by atoms with Gasteiger partial charge in [-0.25, -0.2) is 14.0 Å². The third-order valence-corrected chi connectivity index (χ3v) is 4.12. The Bertz CT molecular complexity index is 952. The van der Waals surface area contributed by atoms with Gasteiger partial charge in [0, 0.05) is 4.90 Å². The van der Waals surface area contributed by atoms with Crippen molar-refractivity contribution in [3.05, 3.63) is 50.0 Å². The molecule has 0 saturated heterocycles. The van der Waals surface area contributed by atoms with Crippen LogP contribution < -0.4 is 11.2 Å². The topological polar surface area (TPSA) is 105 Å². The molecule has 0 aliphatic heterocycles. The molecule has 1 heterocycles. The lowest BCUT2D eigenvalue weighted by Gasteiger charge is -2.12. The van der Waals surface area contributed by atoms with E-state index in [0.717, 1.165) is 12.1 Å². The standard InChI is InChI=1S/C13H9F4N3O4S/c1-5-2-6(14)7(3-8(5)25-4-13(15,16)17)20-12(24)18-10(21)9(19-20)11(22)23/h2-3H,4H2,1H3,(H,22,23)(H,18,21,24). The van der Waals surface area contributed by atoms with E-state index in [4.69, 9.17) is 5.11 Å². The van der Waals surface area contributed by atoms with Crippen LogP contribution in [0.2, 0.25) is 0 Å². The van der Waals surface area contributed by atoms with Crippen LogP contribution in [0.3, 0.4) is 0 Å². The molecule has 0 unspecified atom stereocenters. The van der Waals surface area contributed by atoms with Crippen LogP contribution >= 0.6 is 11.8 Å². The third-order valence-electron chi connectivity index (χ3n) is 2.89. The Morgan fingerprint density at radius 3 is 2.56 bits per heavy atom. The van der Waals surface area contributed by atoms with Gasteiger partial charge in [-0.3, -0.25) is 9.78 Å². The predicted octanol–water partition coefficient (Wildman–Crippen LogP) is 1.72. The molecule has 0 amide bonds. The van der Waals surface area contributed by atoms with E-state index in [0.29, 0.717) is 11.8 Å². The number of aromatic amines is 1. The smallest absolute Gasteiger partial charge is 0.398 e. The van der Waals surface area contributed by atoms with Gasteiger partial charge in [0.05, 0.1) is 5.75 Å². The molecule has 7 nitrogen and oxygen atoms in total. The Balaban J connectivity index is 2.60. The van der Waals surface area contributed by atoms with E-state index in [1.54, 1.807) is 4.98 Å². The second kappa shape index (κ2) is 6.70. The molecule has 0 atom stereocenters. The molecule has 0 radical (unpaired) electrons. The van der Waals surface area contributed by atoms with E-state index in [2.05, 4.69) is 5.10 Å². The molecule has 1 aromatic carbocycles. The number of halogens is 4. The number of hydrogen-bond donors (Lipinski definition) is 2. The summed E-state index contributed by atoms with van der Waals surface area (Å²) >= 11 is 0.368. The highest BCUT2D eigenvalue weighted by molar-refractivity contribution is 7.99. The van der Waals surface area contributed by atoms with Gasteiger partial charge in [-0.05, 0) is 24.6 Å². The summed E-state index contributed by atoms with van der Waals surface area (Å²) in [5.74, 6) is -4.02. The number of rotatable bonds is 4. The van der Waals surface area contributed by atoms with E-state index < -0.39 is 46.3 Å². The molecule has 0 saturated carbocycles. The number of alkyl halides is 3. The zero-order valence-electron chi connectivity index (χ0n) is 12.3. The Morgan fingerprint density at radius 1 is 1.36 bits per heavy atom. The molecule has 0 aliphatic rings. The Labute approximate surface area is 140 Å². The Kier molecular flexibility index (Phi) is 5.02. The van der Waals surface area contributed by atoms with Crippen molar-refractivity contribution in [3.8, 4) is 5.69 Å². The summed E-state index contributed by atoms with van der Waals surface area (Å²) in [6.07, 6.45) is -4.46. The summed E-state index contributed by atoms with van der Waals surface area (Å²) in [6, 6.07) is 1.81. The van der Waals surface area contributed by atoms with Crippen LogP contribution in [0.4, 0.5) is 17.6 Å². The van der Waals surface area contributed by atoms with Crippen molar-refractivity contribution in [3.63, 3.8) is 0 Å². The SMILES string of the molecule is Cc1cc(F)c(-n2nc(C(=O)O)c(=O)[nH]c2=O)cc1SCC(F)(F)F. The molecule has 25 heavy (non-hydrogen) atoms. The first kappa shape index (κ1) is 18.7. The van der Waals surface area contributed by atoms with Gasteiger partial charge in [0.2, 0.25) is 5.69 Å². The first-order valence-electron chi connectivity index (χ1n) is 6.46. The van der Waals surface area contributed by atoms with E-state index in [1.807, 2.05) is 0 Å². The van der Waals surface area contributed by atoms with E-state index in [-0.39, 0.29) is 15.1 Å². The minimum Gasteiger partial charge on any atom is -0.476 e. The van der Waals surface area contributed by atoms with Crippen LogP contribution in [0.1, 0.15) is 16.1 Å². The van der Waals surface area contributed by atoms with Gasteiger partial charge < -0.3 is 5.11 Å². The summed E-state index contributed by atoms with van der Waals surface area (Å²) < 4.78 is 51.5. The Hall–Kier alpha value is -2.63. The fraction of sp³-hybridized carbons (Fsp3) is 0.231. The van der Waals surface area contributed by atoms with Gasteiger partial charge in [-0.15, -0.1) is 11.8 Å². The molecule has 12 heteroatoms. The normalized spacial score (nSPS) is 11.6. The maximum Gasteiger partial charge on any atom is 0.398 e. The minimum atomic E-state index is -4.46. The zero-order chi connectivity index (χ0) is 18.9. The molecule has 0 fully saturated rings. The average molecular weight is 379 g/mol. The van der Waals surface area contributed by atoms with E-state index >= 15 is 0 Å². The molecule has 1 aromatic heterocycles. The summed E-state index contributed by atoms with van der Waals surface area (Å²) in [7, 11) is 0. The number of thioether (sulfide) groups is 1.